The predicted molar refractivity (Wildman–Crippen MR) is 357 cm³/mol. The van der Waals surface area contributed by atoms with Crippen LogP contribution in [0.1, 0.15) is 305 Å². The van der Waals surface area contributed by atoms with E-state index in [0.717, 1.165) is 103 Å². The molecule has 0 saturated carbocycles. The Hall–Kier alpha value is -3.81. The minimum absolute atomic E-state index is 0. The Morgan fingerprint density at radius 1 is 0.256 bits per heavy atom. The third-order valence-electron chi connectivity index (χ3n) is 24.5. The van der Waals surface area contributed by atoms with Gasteiger partial charge in [0.1, 0.15) is 0 Å². The van der Waals surface area contributed by atoms with Crippen molar-refractivity contribution in [1.29, 1.82) is 0 Å². The zero-order valence-corrected chi connectivity index (χ0v) is 63.9. The predicted octanol–water partition coefficient (Wildman–Crippen LogP) is 15.6. The fourth-order valence-electron chi connectivity index (χ4n) is 18.3. The van der Waals surface area contributed by atoms with Crippen molar-refractivity contribution < 1.29 is 95.8 Å². The zero-order valence-electron chi connectivity index (χ0n) is 58.7. The van der Waals surface area contributed by atoms with E-state index in [1.54, 1.807) is 0 Å². The van der Waals surface area contributed by atoms with Gasteiger partial charge in [0, 0.05) is 117 Å². The van der Waals surface area contributed by atoms with Crippen LogP contribution in [0, 0.1) is 80.8 Å². The van der Waals surface area contributed by atoms with E-state index >= 15 is 0 Å². The van der Waals surface area contributed by atoms with Crippen molar-refractivity contribution in [3.63, 3.8) is 0 Å². The molecular weight excluding hydrogens is 1390 g/mol. The van der Waals surface area contributed by atoms with E-state index in [1.165, 1.54) is 91.1 Å². The summed E-state index contributed by atoms with van der Waals surface area (Å²) >= 11 is 0. The second-order valence-corrected chi connectivity index (χ2v) is 26.1. The number of carbonyl (C=O) groups is 1. The van der Waals surface area contributed by atoms with Crippen molar-refractivity contribution in [2.75, 3.05) is 0 Å². The average Bonchev–Trinajstić information content (AvgIpc) is 1.59. The molecule has 10 rings (SSSR count). The Morgan fingerprint density at radius 3 is 0.422 bits per heavy atom. The van der Waals surface area contributed by atoms with Crippen LogP contribution in [0.5, 0.6) is 0 Å². The van der Waals surface area contributed by atoms with Gasteiger partial charge in [-0.15, -0.1) is 45.6 Å². The first-order valence-electron chi connectivity index (χ1n) is 34.2. The van der Waals surface area contributed by atoms with Crippen LogP contribution in [0.15, 0.2) is 97.1 Å². The molecule has 8 aromatic rings. The van der Waals surface area contributed by atoms with Gasteiger partial charge in [0.2, 0.25) is 0 Å². The van der Waals surface area contributed by atoms with Gasteiger partial charge in [-0.25, -0.2) is 0 Å². The summed E-state index contributed by atoms with van der Waals surface area (Å²) in [7, 11) is 9.16. The number of aromatic nitrogens is 8. The molecule has 486 valence electrons. The number of fused-ring (bicyclic) bond motifs is 16. The second kappa shape index (κ2) is 29.4. The van der Waals surface area contributed by atoms with E-state index in [4.69, 9.17) is 34.9 Å². The Labute approximate surface area is 607 Å². The quantitative estimate of drug-likeness (QED) is 0.0938. The molecule has 0 aliphatic carbocycles. The summed E-state index contributed by atoms with van der Waals surface area (Å²) in [5.74, 6) is 0. The molecule has 0 fully saturated rings. The first-order valence-corrected chi connectivity index (χ1v) is 34.2. The van der Waals surface area contributed by atoms with E-state index < -0.39 is 6.16 Å². The summed E-state index contributed by atoms with van der Waals surface area (Å²) in [5, 5.41) is 16.7. The van der Waals surface area contributed by atoms with Crippen molar-refractivity contribution >= 4 is 6.16 Å². The summed E-state index contributed by atoms with van der Waals surface area (Å²) in [5.41, 5.74) is 19.5. The molecule has 2 aliphatic heterocycles. The van der Waals surface area contributed by atoms with Gasteiger partial charge in [-0.2, -0.15) is 0 Å². The Morgan fingerprint density at radius 2 is 0.344 bits per heavy atom. The van der Waals surface area contributed by atoms with E-state index in [-0.39, 0.29) is 124 Å². The van der Waals surface area contributed by atoms with Gasteiger partial charge in [-0.3, -0.25) is 0 Å². The molecule has 0 saturated heterocycles. The van der Waals surface area contributed by atoms with Crippen LogP contribution < -0.4 is 30.1 Å². The first kappa shape index (κ1) is 75.2. The van der Waals surface area contributed by atoms with Gasteiger partial charge >= 0.3 is 80.8 Å². The smallest absolute Gasteiger partial charge is 0.663 e. The molecule has 0 unspecified atom stereocenters. The molecule has 2 radical (unpaired) electrons. The molecule has 0 atom stereocenters. The number of rotatable bonds is 16. The summed E-state index contributed by atoms with van der Waals surface area (Å²) in [6.07, 6.45) is 13.8. The summed E-state index contributed by atoms with van der Waals surface area (Å²) in [4.78, 5) is 30.8. The average molecular weight is 1490 g/mol. The van der Waals surface area contributed by atoms with Crippen LogP contribution in [0.25, 0.3) is 0 Å². The number of carbonyl (C=O) groups excluding carboxylic acids is 1. The van der Waals surface area contributed by atoms with E-state index in [1.807, 2.05) is 0 Å². The molecule has 10 heterocycles. The number of carboxylic acid groups (broad SMARTS) is 2. The zero-order chi connectivity index (χ0) is 64.6. The van der Waals surface area contributed by atoms with E-state index in [2.05, 4.69) is 254 Å². The van der Waals surface area contributed by atoms with Crippen molar-refractivity contribution in [3.05, 3.63) is 188 Å². The van der Waals surface area contributed by atoms with Crippen LogP contribution in [0.4, 0.5) is 4.79 Å². The first-order chi connectivity index (χ1) is 42.1. The van der Waals surface area contributed by atoms with E-state index in [0.29, 0.717) is 0 Å². The maximum Gasteiger partial charge on any atom is 3.00 e. The van der Waals surface area contributed by atoms with Crippen LogP contribution in [0.3, 0.4) is 0 Å². The molecule has 13 heteroatoms. The normalized spacial score (nSPS) is 17.4. The minimum Gasteiger partial charge on any atom is -0.663 e. The van der Waals surface area contributed by atoms with Gasteiger partial charge in [0.25, 0.3) is 0 Å². The SMILES string of the molecule is CCC1(CC)c2ccc([n-]2)C(CC)(CC)c2ccc(n2C)C(CC)(CC)c2ccc([n-]2)C(CC)(CC)c2ccc1n2C.CCC1(CC)c2ccc([n-]2)C(CC)(CC)c2ccc(n2C)C(CC)(CC)c2ccc([n-]2)C(CC)(CC)c2ccc1n2C.O=C([O-])[O-].[Sm+3].[Sm+3]. The fourth-order valence-corrected chi connectivity index (χ4v) is 18.3. The number of hydrogen-bond acceptors (Lipinski definition) is 3. The van der Waals surface area contributed by atoms with Crippen molar-refractivity contribution in [3.8, 4) is 0 Å². The van der Waals surface area contributed by atoms with Crippen molar-refractivity contribution in [2.45, 2.75) is 257 Å². The maximum atomic E-state index is 8.33. The third-order valence-corrected chi connectivity index (χ3v) is 24.5. The topological polar surface area (TPSA) is 139 Å². The molecule has 0 aromatic carbocycles. The summed E-state index contributed by atoms with van der Waals surface area (Å²) < 4.78 is 10.0. The van der Waals surface area contributed by atoms with Crippen LogP contribution in [-0.2, 0) is 71.5 Å². The molecule has 90 heavy (non-hydrogen) atoms. The molecular formula is C77H108N8O3Sm2. The standard InChI is InChI=1S/2C38H54N4.CH2O3.2Sm/c2*1-11-35(12-2)27-19-20-28(39-27)36(13-3,14-4)33-25-26-34(42(33)10)38(17-7,18-8)30-22-21-29(40-30)37(15-5,16-6)32-24-23-31(35)41(32)9;2-1(3)4;;/h2*19-26H,11-18H2,1-10H3;(H2,2,3,4);;/q2*-2;;2*+3/p-2. The molecule has 11 nitrogen and oxygen atoms in total. The van der Waals surface area contributed by atoms with Gasteiger partial charge < -0.3 is 53.2 Å². The Balaban J connectivity index is 0.000000265. The van der Waals surface area contributed by atoms with E-state index in [9.17, 15) is 0 Å². The monoisotopic (exact) mass is 1500 g/mol. The fraction of sp³-hybridized carbons (Fsp3) is 0.571. The van der Waals surface area contributed by atoms with Crippen molar-refractivity contribution in [2.24, 2.45) is 28.2 Å². The van der Waals surface area contributed by atoms with Crippen LogP contribution in [-0.4, -0.2) is 24.4 Å². The summed E-state index contributed by atoms with van der Waals surface area (Å²) in [6.45, 7) is 37.4. The number of nitrogens with zero attached hydrogens (tertiary/aromatic N) is 8. The molecule has 2 aliphatic rings. The van der Waals surface area contributed by atoms with Crippen LogP contribution >= 0.6 is 0 Å². The number of hydrogen-bond donors (Lipinski definition) is 0. The molecule has 0 N–H and O–H groups in total. The maximum absolute atomic E-state index is 8.33. The molecule has 0 spiro atoms. The molecule has 16 bridgehead atoms. The molecule has 0 amide bonds. The van der Waals surface area contributed by atoms with Crippen molar-refractivity contribution in [1.82, 2.24) is 38.2 Å². The Bertz CT molecular complexity index is 2930. The van der Waals surface area contributed by atoms with Gasteiger partial charge in [-0.1, -0.05) is 159 Å². The van der Waals surface area contributed by atoms with Crippen LogP contribution in [0.2, 0.25) is 0 Å². The minimum atomic E-state index is -2.33. The Kier molecular flexibility index (Phi) is 24.6. The second-order valence-electron chi connectivity index (χ2n) is 26.1. The third kappa shape index (κ3) is 11.2. The van der Waals surface area contributed by atoms with Gasteiger partial charge in [0.05, 0.1) is 0 Å². The largest absolute Gasteiger partial charge is 3.00 e. The summed E-state index contributed by atoms with van der Waals surface area (Å²) in [6, 6.07) is 38.0. The van der Waals surface area contributed by atoms with Gasteiger partial charge in [-0.05, 0) is 157 Å². The molecule has 8 aromatic heterocycles. The van der Waals surface area contributed by atoms with Gasteiger partial charge in [0.15, 0.2) is 0 Å².